The minimum atomic E-state index is -0.782. The highest BCUT2D eigenvalue weighted by Gasteiger charge is 2.42. The monoisotopic (exact) mass is 303 g/mol. The van der Waals surface area contributed by atoms with Crippen LogP contribution in [0.3, 0.4) is 0 Å². The summed E-state index contributed by atoms with van der Waals surface area (Å²) < 4.78 is 5.74. The van der Waals surface area contributed by atoms with Gasteiger partial charge in [0.2, 0.25) is 0 Å². The van der Waals surface area contributed by atoms with Crippen molar-refractivity contribution in [3.63, 3.8) is 0 Å². The second kappa shape index (κ2) is 5.05. The first-order chi connectivity index (χ1) is 10.6. The van der Waals surface area contributed by atoms with E-state index in [1.165, 1.54) is 0 Å². The van der Waals surface area contributed by atoms with Crippen LogP contribution in [0.2, 0.25) is 0 Å². The fourth-order valence-corrected chi connectivity index (χ4v) is 4.01. The van der Waals surface area contributed by atoms with Gasteiger partial charge in [-0.3, -0.25) is 4.90 Å². The molecular weight excluding hydrogens is 282 g/mol. The molecule has 3 aliphatic rings. The number of carboxylic acid groups (broad SMARTS) is 1. The molecule has 4 rings (SSSR count). The maximum atomic E-state index is 11.4. The molecule has 1 aromatic rings. The first kappa shape index (κ1) is 13.7. The molecule has 1 aromatic carbocycles. The lowest BCUT2D eigenvalue weighted by molar-refractivity contribution is 0.115. The van der Waals surface area contributed by atoms with Gasteiger partial charge in [-0.15, -0.1) is 0 Å². The fraction of sp³-hybridized carbons (Fsp3) is 0.562. The van der Waals surface area contributed by atoms with Crippen LogP contribution in [0.4, 0.5) is 10.5 Å². The molecule has 1 amide bonds. The molecule has 22 heavy (non-hydrogen) atoms. The van der Waals surface area contributed by atoms with E-state index in [1.807, 2.05) is 0 Å². The van der Waals surface area contributed by atoms with Gasteiger partial charge in [0.05, 0.1) is 12.1 Å². The van der Waals surface area contributed by atoms with Gasteiger partial charge < -0.3 is 20.5 Å². The quantitative estimate of drug-likeness (QED) is 0.817. The number of rotatable bonds is 1. The summed E-state index contributed by atoms with van der Waals surface area (Å²) in [7, 11) is 0. The second-order valence-corrected chi connectivity index (χ2v) is 6.55. The fourth-order valence-electron chi connectivity index (χ4n) is 4.01. The number of hydrogen-bond donors (Lipinski definition) is 2. The number of anilines is 1. The van der Waals surface area contributed by atoms with Crippen LogP contribution in [-0.2, 0) is 6.42 Å². The number of hydrogen-bond acceptors (Lipinski definition) is 4. The van der Waals surface area contributed by atoms with Crippen LogP contribution in [-0.4, -0.2) is 53.9 Å². The minimum absolute atomic E-state index is 0.0771. The van der Waals surface area contributed by atoms with E-state index in [0.717, 1.165) is 49.4 Å². The molecule has 118 valence electrons. The van der Waals surface area contributed by atoms with Crippen molar-refractivity contribution in [1.29, 1.82) is 0 Å². The van der Waals surface area contributed by atoms with Crippen molar-refractivity contribution in [3.05, 3.63) is 23.8 Å². The summed E-state index contributed by atoms with van der Waals surface area (Å²) in [4.78, 5) is 15.3. The third kappa shape index (κ3) is 2.18. The number of ether oxygens (including phenoxy) is 1. The van der Waals surface area contributed by atoms with E-state index in [4.69, 9.17) is 10.5 Å². The molecule has 3 atom stereocenters. The summed E-state index contributed by atoms with van der Waals surface area (Å²) in [6.07, 6.45) is 2.00. The first-order valence-corrected chi connectivity index (χ1v) is 7.89. The van der Waals surface area contributed by atoms with Gasteiger partial charge in [-0.1, -0.05) is 6.07 Å². The molecule has 3 unspecified atom stereocenters. The highest BCUT2D eigenvalue weighted by Crippen LogP contribution is 2.35. The SMILES string of the molecule is NC1COc2cc(N3CC4CCC(C3)N4C(=O)O)ccc2C1. The van der Waals surface area contributed by atoms with Crippen LogP contribution < -0.4 is 15.4 Å². The van der Waals surface area contributed by atoms with Gasteiger partial charge in [-0.25, -0.2) is 4.79 Å². The van der Waals surface area contributed by atoms with E-state index in [9.17, 15) is 9.90 Å². The highest BCUT2D eigenvalue weighted by molar-refractivity contribution is 5.67. The largest absolute Gasteiger partial charge is 0.492 e. The maximum Gasteiger partial charge on any atom is 0.407 e. The van der Waals surface area contributed by atoms with Gasteiger partial charge in [-0.05, 0) is 30.9 Å². The number of piperazine rings is 1. The predicted octanol–water partition coefficient (Wildman–Crippen LogP) is 1.28. The predicted molar refractivity (Wildman–Crippen MR) is 82.5 cm³/mol. The molecule has 3 aliphatic heterocycles. The zero-order chi connectivity index (χ0) is 15.3. The highest BCUT2D eigenvalue weighted by atomic mass is 16.5. The van der Waals surface area contributed by atoms with Crippen LogP contribution >= 0.6 is 0 Å². The van der Waals surface area contributed by atoms with Crippen molar-refractivity contribution < 1.29 is 14.6 Å². The molecule has 6 nitrogen and oxygen atoms in total. The summed E-state index contributed by atoms with van der Waals surface area (Å²) in [5.74, 6) is 0.923. The van der Waals surface area contributed by atoms with Crippen LogP contribution in [0.1, 0.15) is 18.4 Å². The van der Waals surface area contributed by atoms with Crippen molar-refractivity contribution in [1.82, 2.24) is 4.90 Å². The van der Waals surface area contributed by atoms with E-state index in [-0.39, 0.29) is 18.1 Å². The van der Waals surface area contributed by atoms with E-state index in [1.54, 1.807) is 4.90 Å². The van der Waals surface area contributed by atoms with E-state index in [2.05, 4.69) is 23.1 Å². The van der Waals surface area contributed by atoms with E-state index >= 15 is 0 Å². The number of amides is 1. The normalized spacial score (nSPS) is 30.0. The van der Waals surface area contributed by atoms with Gasteiger partial charge in [-0.2, -0.15) is 0 Å². The number of fused-ring (bicyclic) bond motifs is 3. The second-order valence-electron chi connectivity index (χ2n) is 6.55. The zero-order valence-electron chi connectivity index (χ0n) is 12.4. The Morgan fingerprint density at radius 1 is 1.27 bits per heavy atom. The zero-order valence-corrected chi connectivity index (χ0v) is 12.4. The Morgan fingerprint density at radius 2 is 2.00 bits per heavy atom. The van der Waals surface area contributed by atoms with Crippen molar-refractivity contribution in [2.24, 2.45) is 5.73 Å². The lowest BCUT2D eigenvalue weighted by atomic mass is 10.0. The summed E-state index contributed by atoms with van der Waals surface area (Å²) in [6, 6.07) is 6.58. The summed E-state index contributed by atoms with van der Waals surface area (Å²) in [5, 5.41) is 9.33. The smallest absolute Gasteiger partial charge is 0.407 e. The van der Waals surface area contributed by atoms with E-state index < -0.39 is 6.09 Å². The van der Waals surface area contributed by atoms with Crippen molar-refractivity contribution in [3.8, 4) is 5.75 Å². The van der Waals surface area contributed by atoms with Crippen LogP contribution in [0.25, 0.3) is 0 Å². The number of benzene rings is 1. The molecule has 0 aliphatic carbocycles. The van der Waals surface area contributed by atoms with Gasteiger partial charge in [0.25, 0.3) is 0 Å². The molecule has 0 aromatic heterocycles. The molecule has 2 fully saturated rings. The van der Waals surface area contributed by atoms with Crippen LogP contribution in [0, 0.1) is 0 Å². The summed E-state index contributed by atoms with van der Waals surface area (Å²) in [6.45, 7) is 2.09. The Hall–Kier alpha value is -1.95. The summed E-state index contributed by atoms with van der Waals surface area (Å²) in [5.41, 5.74) is 8.21. The van der Waals surface area contributed by atoms with Crippen molar-refractivity contribution in [2.45, 2.75) is 37.4 Å². The number of nitrogens with two attached hydrogens (primary N) is 1. The maximum absolute atomic E-state index is 11.4. The minimum Gasteiger partial charge on any atom is -0.492 e. The Kier molecular flexibility index (Phi) is 3.14. The molecule has 2 bridgehead atoms. The lowest BCUT2D eigenvalue weighted by Gasteiger charge is -2.41. The van der Waals surface area contributed by atoms with E-state index in [0.29, 0.717) is 6.61 Å². The van der Waals surface area contributed by atoms with Gasteiger partial charge >= 0.3 is 6.09 Å². The molecule has 2 saturated heterocycles. The Balaban J connectivity index is 1.56. The standard InChI is InChI=1S/C16H21N3O3/c17-11-5-10-1-2-12(6-15(10)22-9-11)18-7-13-3-4-14(8-18)19(13)16(20)21/h1-2,6,11,13-14H,3-5,7-9,17H2,(H,20,21). The third-order valence-electron chi connectivity index (χ3n) is 5.05. The number of carbonyl (C=O) groups is 1. The van der Waals surface area contributed by atoms with Crippen LogP contribution in [0.15, 0.2) is 18.2 Å². The Bertz CT molecular complexity index is 592. The van der Waals surface area contributed by atoms with Gasteiger partial charge in [0.1, 0.15) is 12.4 Å². The van der Waals surface area contributed by atoms with Gasteiger partial charge in [0, 0.05) is 30.9 Å². The molecule has 3 N–H and O–H groups in total. The van der Waals surface area contributed by atoms with Crippen molar-refractivity contribution >= 4 is 11.8 Å². The number of nitrogens with zero attached hydrogens (tertiary/aromatic N) is 2. The van der Waals surface area contributed by atoms with Gasteiger partial charge in [0.15, 0.2) is 0 Å². The average Bonchev–Trinajstić information content (AvgIpc) is 2.77. The average molecular weight is 303 g/mol. The molecular formula is C16H21N3O3. The summed E-state index contributed by atoms with van der Waals surface area (Å²) >= 11 is 0. The first-order valence-electron chi connectivity index (χ1n) is 7.89. The van der Waals surface area contributed by atoms with Crippen molar-refractivity contribution in [2.75, 3.05) is 24.6 Å². The third-order valence-corrected chi connectivity index (χ3v) is 5.05. The lowest BCUT2D eigenvalue weighted by Crippen LogP contribution is -2.55. The Morgan fingerprint density at radius 3 is 2.68 bits per heavy atom. The van der Waals surface area contributed by atoms with Crippen LogP contribution in [0.5, 0.6) is 5.75 Å². The molecule has 0 saturated carbocycles. The molecule has 0 radical (unpaired) electrons. The molecule has 0 spiro atoms. The topological polar surface area (TPSA) is 79.0 Å². The molecule has 3 heterocycles. The Labute approximate surface area is 129 Å². The molecule has 6 heteroatoms.